The van der Waals surface area contributed by atoms with Gasteiger partial charge in [-0.2, -0.15) is 0 Å². The molecule has 0 aliphatic carbocycles. The Balaban J connectivity index is 1.61. The molecule has 1 fully saturated rings. The third kappa shape index (κ3) is 3.44. The van der Waals surface area contributed by atoms with Crippen molar-refractivity contribution in [1.82, 2.24) is 19.5 Å². The van der Waals surface area contributed by atoms with Crippen molar-refractivity contribution in [3.05, 3.63) is 36.4 Å². The third-order valence-electron chi connectivity index (χ3n) is 4.86. The van der Waals surface area contributed by atoms with E-state index in [0.29, 0.717) is 29.3 Å². The molecule has 1 unspecified atom stereocenters. The molecule has 0 saturated carbocycles. The lowest BCUT2D eigenvalue weighted by Crippen LogP contribution is -2.33. The average molecular weight is 403 g/mol. The number of rotatable bonds is 6. The number of aliphatic hydroxyl groups is 3. The topological polar surface area (TPSA) is 155 Å². The highest BCUT2D eigenvalue weighted by atomic mass is 16.6. The lowest BCUT2D eigenvalue weighted by Gasteiger charge is -2.16. The largest absolute Gasteiger partial charge is 0.508 e. The van der Waals surface area contributed by atoms with Gasteiger partial charge in [0.2, 0.25) is 0 Å². The van der Waals surface area contributed by atoms with E-state index in [1.807, 2.05) is 0 Å². The Morgan fingerprint density at radius 3 is 2.76 bits per heavy atom. The molecule has 4 rings (SSSR count). The normalized spacial score (nSPS) is 24.1. The number of hydrogen-bond acceptors (Lipinski definition) is 10. The molecule has 1 aromatic carbocycles. The Morgan fingerprint density at radius 1 is 1.21 bits per heavy atom. The zero-order valence-corrected chi connectivity index (χ0v) is 15.5. The van der Waals surface area contributed by atoms with Crippen molar-refractivity contribution in [1.29, 1.82) is 0 Å². The number of phenolic OH excluding ortho intramolecular Hbond substituents is 1. The van der Waals surface area contributed by atoms with Crippen LogP contribution in [0.5, 0.6) is 11.5 Å². The molecule has 4 atom stereocenters. The number of ether oxygens (including phenoxy) is 2. The molecule has 3 aromatic rings. The smallest absolute Gasteiger partial charge is 0.167 e. The molecule has 1 aliphatic rings. The van der Waals surface area contributed by atoms with E-state index < -0.39 is 31.1 Å². The number of benzene rings is 1. The van der Waals surface area contributed by atoms with Gasteiger partial charge in [-0.1, -0.05) is 0 Å². The van der Waals surface area contributed by atoms with Gasteiger partial charge in [0.15, 0.2) is 23.2 Å². The number of aromatic hydroxyl groups is 1. The van der Waals surface area contributed by atoms with E-state index in [4.69, 9.17) is 9.47 Å². The number of aliphatic hydroxyl groups excluding tert-OH is 3. The van der Waals surface area contributed by atoms with Crippen LogP contribution in [-0.2, 0) is 11.3 Å². The van der Waals surface area contributed by atoms with Crippen LogP contribution in [0, 0.1) is 0 Å². The fourth-order valence-corrected chi connectivity index (χ4v) is 3.36. The summed E-state index contributed by atoms with van der Waals surface area (Å²) in [5.41, 5.74) is 1.55. The summed E-state index contributed by atoms with van der Waals surface area (Å²) in [7, 11) is 1.54. The Morgan fingerprint density at radius 2 is 2.03 bits per heavy atom. The van der Waals surface area contributed by atoms with Crippen LogP contribution in [0.2, 0.25) is 0 Å². The van der Waals surface area contributed by atoms with Gasteiger partial charge in [-0.3, -0.25) is 4.57 Å². The summed E-state index contributed by atoms with van der Waals surface area (Å²) >= 11 is 0. The SMILES string of the molecule is COc1ccc(O)cc1CNc1ncnc2c1ncn2C1O[C@H](CO)[C@@H](O)[C@@H]1O. The van der Waals surface area contributed by atoms with E-state index in [9.17, 15) is 20.4 Å². The maximum atomic E-state index is 10.3. The maximum Gasteiger partial charge on any atom is 0.167 e. The van der Waals surface area contributed by atoms with Crippen molar-refractivity contribution in [2.45, 2.75) is 31.1 Å². The summed E-state index contributed by atoms with van der Waals surface area (Å²) in [4.78, 5) is 12.7. The molecule has 1 saturated heterocycles. The molecule has 3 heterocycles. The van der Waals surface area contributed by atoms with Crippen molar-refractivity contribution >= 4 is 17.0 Å². The summed E-state index contributed by atoms with van der Waals surface area (Å²) < 4.78 is 12.3. The first kappa shape index (κ1) is 19.3. The lowest BCUT2D eigenvalue weighted by atomic mass is 10.1. The highest BCUT2D eigenvalue weighted by Gasteiger charge is 2.44. The van der Waals surface area contributed by atoms with Gasteiger partial charge >= 0.3 is 0 Å². The molecule has 1 aliphatic heterocycles. The molecule has 0 bridgehead atoms. The second-order valence-electron chi connectivity index (χ2n) is 6.62. The van der Waals surface area contributed by atoms with Crippen molar-refractivity contribution in [3.8, 4) is 11.5 Å². The zero-order valence-electron chi connectivity index (χ0n) is 15.5. The van der Waals surface area contributed by atoms with Crippen LogP contribution in [0.15, 0.2) is 30.9 Å². The molecule has 154 valence electrons. The fourth-order valence-electron chi connectivity index (χ4n) is 3.36. The standard InChI is InChI=1S/C18H21N5O6/c1-28-11-3-2-10(25)4-9(11)5-19-16-13-17(21-7-20-16)23(8-22-13)18-15(27)14(26)12(6-24)29-18/h2-4,7-8,12,14-15,18,24-27H,5-6H2,1H3,(H,19,20,21)/t12-,14-,15+,18?/m1/s1. The highest BCUT2D eigenvalue weighted by Crippen LogP contribution is 2.32. The van der Waals surface area contributed by atoms with Gasteiger partial charge in [0, 0.05) is 12.1 Å². The first-order valence-electron chi connectivity index (χ1n) is 8.93. The van der Waals surface area contributed by atoms with E-state index in [1.165, 1.54) is 23.3 Å². The summed E-state index contributed by atoms with van der Waals surface area (Å²) in [5, 5.41) is 42.4. The quantitative estimate of drug-likeness (QED) is 0.372. The van der Waals surface area contributed by atoms with Gasteiger partial charge in [-0.15, -0.1) is 0 Å². The molecule has 2 aromatic heterocycles. The van der Waals surface area contributed by atoms with E-state index in [1.54, 1.807) is 19.2 Å². The lowest BCUT2D eigenvalue weighted by molar-refractivity contribution is -0.0511. The Bertz CT molecular complexity index is 1010. The summed E-state index contributed by atoms with van der Waals surface area (Å²) in [6.45, 7) is -0.112. The number of anilines is 1. The molecule has 0 amide bonds. The molecule has 0 radical (unpaired) electrons. The van der Waals surface area contributed by atoms with Crippen molar-refractivity contribution in [2.75, 3.05) is 19.0 Å². The Hall–Kier alpha value is -2.99. The van der Waals surface area contributed by atoms with Crippen molar-refractivity contribution < 1.29 is 29.9 Å². The van der Waals surface area contributed by atoms with E-state index in [-0.39, 0.29) is 5.75 Å². The Kier molecular flexibility index (Phi) is 5.20. The van der Waals surface area contributed by atoms with E-state index >= 15 is 0 Å². The van der Waals surface area contributed by atoms with Gasteiger partial charge in [-0.05, 0) is 18.2 Å². The minimum absolute atomic E-state index is 0.115. The maximum absolute atomic E-state index is 10.3. The molecule has 0 spiro atoms. The molecule has 29 heavy (non-hydrogen) atoms. The molecule has 5 N–H and O–H groups in total. The predicted octanol–water partition coefficient (Wildman–Crippen LogP) is -0.236. The monoisotopic (exact) mass is 403 g/mol. The molecular formula is C18H21N5O6. The first-order chi connectivity index (χ1) is 14.0. The Labute approximate surface area is 165 Å². The average Bonchev–Trinajstić information content (AvgIpc) is 3.28. The van der Waals surface area contributed by atoms with Crippen LogP contribution in [0.25, 0.3) is 11.2 Å². The fraction of sp³-hybridized carbons (Fsp3) is 0.389. The van der Waals surface area contributed by atoms with Crippen LogP contribution in [-0.4, -0.2) is 72.0 Å². The van der Waals surface area contributed by atoms with E-state index in [0.717, 1.165) is 5.56 Å². The second kappa shape index (κ2) is 7.79. The minimum Gasteiger partial charge on any atom is -0.508 e. The van der Waals surface area contributed by atoms with Gasteiger partial charge < -0.3 is 35.2 Å². The summed E-state index contributed by atoms with van der Waals surface area (Å²) in [6.07, 6.45) is -1.54. The zero-order chi connectivity index (χ0) is 20.5. The van der Waals surface area contributed by atoms with Crippen LogP contribution in [0.4, 0.5) is 5.82 Å². The predicted molar refractivity (Wildman–Crippen MR) is 100 cm³/mol. The number of imidazole rings is 1. The van der Waals surface area contributed by atoms with Gasteiger partial charge in [0.25, 0.3) is 0 Å². The summed E-state index contributed by atoms with van der Waals surface area (Å²) in [6, 6.07) is 4.79. The minimum atomic E-state index is -1.24. The van der Waals surface area contributed by atoms with Crippen molar-refractivity contribution in [2.24, 2.45) is 0 Å². The van der Waals surface area contributed by atoms with Crippen LogP contribution >= 0.6 is 0 Å². The number of fused-ring (bicyclic) bond motifs is 1. The van der Waals surface area contributed by atoms with Crippen LogP contribution < -0.4 is 10.1 Å². The van der Waals surface area contributed by atoms with E-state index in [2.05, 4.69) is 20.3 Å². The molecule has 11 nitrogen and oxygen atoms in total. The highest BCUT2D eigenvalue weighted by molar-refractivity contribution is 5.82. The molecular weight excluding hydrogens is 382 g/mol. The van der Waals surface area contributed by atoms with Gasteiger partial charge in [0.05, 0.1) is 20.0 Å². The number of aromatic nitrogens is 4. The number of methoxy groups -OCH3 is 1. The van der Waals surface area contributed by atoms with Crippen LogP contribution in [0.1, 0.15) is 11.8 Å². The number of hydrogen-bond donors (Lipinski definition) is 5. The molecule has 11 heteroatoms. The number of nitrogens with zero attached hydrogens (tertiary/aromatic N) is 4. The van der Waals surface area contributed by atoms with Gasteiger partial charge in [0.1, 0.15) is 36.1 Å². The third-order valence-corrected chi connectivity index (χ3v) is 4.86. The number of phenols is 1. The second-order valence-corrected chi connectivity index (χ2v) is 6.62. The van der Waals surface area contributed by atoms with Crippen molar-refractivity contribution in [3.63, 3.8) is 0 Å². The van der Waals surface area contributed by atoms with Crippen LogP contribution in [0.3, 0.4) is 0 Å². The number of nitrogens with one attached hydrogen (secondary N) is 1. The first-order valence-corrected chi connectivity index (χ1v) is 8.93. The van der Waals surface area contributed by atoms with Gasteiger partial charge in [-0.25, -0.2) is 15.0 Å². The summed E-state index contributed by atoms with van der Waals surface area (Å²) in [5.74, 6) is 1.16.